The Kier molecular flexibility index (Phi) is 6.15. The van der Waals surface area contributed by atoms with E-state index in [1.165, 1.54) is 5.56 Å². The zero-order chi connectivity index (χ0) is 13.4. The van der Waals surface area contributed by atoms with Crippen LogP contribution in [0.1, 0.15) is 24.5 Å². The van der Waals surface area contributed by atoms with E-state index in [-0.39, 0.29) is 5.91 Å². The van der Waals surface area contributed by atoms with E-state index in [0.717, 1.165) is 12.1 Å². The van der Waals surface area contributed by atoms with Crippen molar-refractivity contribution in [2.24, 2.45) is 0 Å². The van der Waals surface area contributed by atoms with Gasteiger partial charge in [0.05, 0.1) is 0 Å². The highest BCUT2D eigenvalue weighted by Crippen LogP contribution is 2.06. The molecule has 0 bridgehead atoms. The van der Waals surface area contributed by atoms with Crippen molar-refractivity contribution in [3.05, 3.63) is 47.5 Å². The maximum absolute atomic E-state index is 11.4. The molecule has 1 aromatic carbocycles. The van der Waals surface area contributed by atoms with E-state index >= 15 is 0 Å². The molecule has 1 N–H and O–H groups in total. The van der Waals surface area contributed by atoms with Gasteiger partial charge in [-0.05, 0) is 32.1 Å². The van der Waals surface area contributed by atoms with Gasteiger partial charge in [-0.2, -0.15) is 0 Å². The lowest BCUT2D eigenvalue weighted by atomic mass is 10.1. The molecule has 0 radical (unpaired) electrons. The van der Waals surface area contributed by atoms with Crippen LogP contribution < -0.4 is 5.32 Å². The van der Waals surface area contributed by atoms with E-state index in [2.05, 4.69) is 48.6 Å². The van der Waals surface area contributed by atoms with Gasteiger partial charge in [0.15, 0.2) is 0 Å². The van der Waals surface area contributed by atoms with Crippen LogP contribution in [0.15, 0.2) is 36.4 Å². The monoisotopic (exact) mass is 246 g/mol. The SMILES string of the molecule is C/C=C/CC(=O)NCc1ccc(CN(C)C)cc1. The fraction of sp³-hybridized carbons (Fsp3) is 0.400. The molecule has 18 heavy (non-hydrogen) atoms. The van der Waals surface area contributed by atoms with E-state index in [1.54, 1.807) is 0 Å². The summed E-state index contributed by atoms with van der Waals surface area (Å²) in [5.74, 6) is 0.0606. The van der Waals surface area contributed by atoms with Crippen molar-refractivity contribution >= 4 is 5.91 Å². The van der Waals surface area contributed by atoms with Crippen molar-refractivity contribution in [3.63, 3.8) is 0 Å². The Labute approximate surface area is 109 Å². The zero-order valence-corrected chi connectivity index (χ0v) is 11.4. The summed E-state index contributed by atoms with van der Waals surface area (Å²) in [7, 11) is 4.10. The fourth-order valence-electron chi connectivity index (χ4n) is 1.63. The van der Waals surface area contributed by atoms with Gasteiger partial charge in [-0.15, -0.1) is 0 Å². The van der Waals surface area contributed by atoms with Crippen molar-refractivity contribution in [1.29, 1.82) is 0 Å². The molecule has 1 aromatic rings. The quantitative estimate of drug-likeness (QED) is 0.781. The minimum absolute atomic E-state index is 0.0606. The van der Waals surface area contributed by atoms with Gasteiger partial charge >= 0.3 is 0 Å². The standard InChI is InChI=1S/C15H22N2O/c1-4-5-6-15(18)16-11-13-7-9-14(10-8-13)12-17(2)3/h4-5,7-10H,6,11-12H2,1-3H3,(H,16,18)/b5-4+. The fourth-order valence-corrected chi connectivity index (χ4v) is 1.63. The summed E-state index contributed by atoms with van der Waals surface area (Å²) in [5.41, 5.74) is 2.41. The van der Waals surface area contributed by atoms with Gasteiger partial charge in [0.25, 0.3) is 0 Å². The van der Waals surface area contributed by atoms with E-state index < -0.39 is 0 Å². The van der Waals surface area contributed by atoms with Gasteiger partial charge in [-0.1, -0.05) is 36.4 Å². The normalized spacial score (nSPS) is 11.1. The molecule has 98 valence electrons. The van der Waals surface area contributed by atoms with Crippen LogP contribution >= 0.6 is 0 Å². The molecular formula is C15H22N2O. The molecule has 0 heterocycles. The molecule has 1 rings (SSSR count). The molecule has 0 aliphatic heterocycles. The van der Waals surface area contributed by atoms with Crippen LogP contribution in [0.3, 0.4) is 0 Å². The Bertz CT molecular complexity index is 393. The number of rotatable bonds is 6. The maximum Gasteiger partial charge on any atom is 0.224 e. The van der Waals surface area contributed by atoms with Gasteiger partial charge in [0, 0.05) is 19.5 Å². The lowest BCUT2D eigenvalue weighted by molar-refractivity contribution is -0.120. The van der Waals surface area contributed by atoms with Gasteiger partial charge in [-0.25, -0.2) is 0 Å². The highest BCUT2D eigenvalue weighted by molar-refractivity contribution is 5.77. The van der Waals surface area contributed by atoms with Crippen molar-refractivity contribution in [1.82, 2.24) is 10.2 Å². The molecule has 3 nitrogen and oxygen atoms in total. The Morgan fingerprint density at radius 1 is 1.22 bits per heavy atom. The molecule has 0 aliphatic carbocycles. The third kappa shape index (κ3) is 5.64. The zero-order valence-electron chi connectivity index (χ0n) is 11.4. The first kappa shape index (κ1) is 14.5. The van der Waals surface area contributed by atoms with Crippen LogP contribution in [0, 0.1) is 0 Å². The number of hydrogen-bond acceptors (Lipinski definition) is 2. The van der Waals surface area contributed by atoms with Gasteiger partial charge in [0.1, 0.15) is 0 Å². The van der Waals surface area contributed by atoms with E-state index in [0.29, 0.717) is 13.0 Å². The highest BCUT2D eigenvalue weighted by Gasteiger charge is 1.99. The molecule has 3 heteroatoms. The van der Waals surface area contributed by atoms with Gasteiger partial charge in [0.2, 0.25) is 5.91 Å². The topological polar surface area (TPSA) is 32.3 Å². The third-order valence-electron chi connectivity index (χ3n) is 2.55. The van der Waals surface area contributed by atoms with Crippen LogP contribution in [-0.4, -0.2) is 24.9 Å². The summed E-state index contributed by atoms with van der Waals surface area (Å²) < 4.78 is 0. The smallest absolute Gasteiger partial charge is 0.224 e. The lowest BCUT2D eigenvalue weighted by Gasteiger charge is -2.10. The summed E-state index contributed by atoms with van der Waals surface area (Å²) in [4.78, 5) is 13.6. The number of nitrogens with zero attached hydrogens (tertiary/aromatic N) is 1. The van der Waals surface area contributed by atoms with E-state index in [9.17, 15) is 4.79 Å². The molecule has 0 fully saturated rings. The summed E-state index contributed by atoms with van der Waals surface area (Å²) in [5, 5.41) is 2.89. The Morgan fingerprint density at radius 2 is 1.83 bits per heavy atom. The number of carbonyl (C=O) groups is 1. The second-order valence-corrected chi connectivity index (χ2v) is 4.60. The molecule has 0 saturated carbocycles. The second-order valence-electron chi connectivity index (χ2n) is 4.60. The predicted octanol–water partition coefficient (Wildman–Crippen LogP) is 2.33. The van der Waals surface area contributed by atoms with Crippen LogP contribution in [-0.2, 0) is 17.9 Å². The Morgan fingerprint density at radius 3 is 2.39 bits per heavy atom. The first-order valence-corrected chi connectivity index (χ1v) is 6.22. The van der Waals surface area contributed by atoms with E-state index in [4.69, 9.17) is 0 Å². The number of carbonyl (C=O) groups excluding carboxylic acids is 1. The Hall–Kier alpha value is -1.61. The first-order valence-electron chi connectivity index (χ1n) is 6.22. The average Bonchev–Trinajstić information content (AvgIpc) is 2.35. The molecule has 1 amide bonds. The summed E-state index contributed by atoms with van der Waals surface area (Å²) in [6.45, 7) is 3.45. The molecule has 0 aromatic heterocycles. The number of nitrogens with one attached hydrogen (secondary N) is 1. The molecule has 0 aliphatic rings. The van der Waals surface area contributed by atoms with Crippen LogP contribution in [0.4, 0.5) is 0 Å². The molecular weight excluding hydrogens is 224 g/mol. The molecule has 0 spiro atoms. The second kappa shape index (κ2) is 7.67. The lowest BCUT2D eigenvalue weighted by Crippen LogP contribution is -2.21. The average molecular weight is 246 g/mol. The summed E-state index contributed by atoms with van der Waals surface area (Å²) >= 11 is 0. The highest BCUT2D eigenvalue weighted by atomic mass is 16.1. The first-order chi connectivity index (χ1) is 8.61. The number of amides is 1. The van der Waals surface area contributed by atoms with Crippen molar-refractivity contribution in [2.45, 2.75) is 26.4 Å². The Balaban J connectivity index is 2.41. The maximum atomic E-state index is 11.4. The van der Waals surface area contributed by atoms with Crippen molar-refractivity contribution in [2.75, 3.05) is 14.1 Å². The molecule has 0 saturated heterocycles. The number of benzene rings is 1. The van der Waals surface area contributed by atoms with E-state index in [1.807, 2.05) is 19.1 Å². The third-order valence-corrected chi connectivity index (χ3v) is 2.55. The summed E-state index contributed by atoms with van der Waals surface area (Å²) in [6.07, 6.45) is 4.19. The molecule has 0 unspecified atom stereocenters. The predicted molar refractivity (Wildman–Crippen MR) is 75.1 cm³/mol. The largest absolute Gasteiger partial charge is 0.352 e. The number of allylic oxidation sites excluding steroid dienone is 1. The number of hydrogen-bond donors (Lipinski definition) is 1. The van der Waals surface area contributed by atoms with Crippen LogP contribution in [0.5, 0.6) is 0 Å². The summed E-state index contributed by atoms with van der Waals surface area (Å²) in [6, 6.07) is 8.34. The minimum atomic E-state index is 0.0606. The van der Waals surface area contributed by atoms with Crippen molar-refractivity contribution < 1.29 is 4.79 Å². The van der Waals surface area contributed by atoms with Gasteiger partial charge in [-0.3, -0.25) is 4.79 Å². The van der Waals surface area contributed by atoms with Crippen LogP contribution in [0.25, 0.3) is 0 Å². The minimum Gasteiger partial charge on any atom is -0.352 e. The van der Waals surface area contributed by atoms with Gasteiger partial charge < -0.3 is 10.2 Å². The van der Waals surface area contributed by atoms with Crippen LogP contribution in [0.2, 0.25) is 0 Å². The van der Waals surface area contributed by atoms with Crippen molar-refractivity contribution in [3.8, 4) is 0 Å². The molecule has 0 atom stereocenters.